The van der Waals surface area contributed by atoms with Gasteiger partial charge < -0.3 is 10.0 Å². The lowest BCUT2D eigenvalue weighted by atomic mass is 9.97. The van der Waals surface area contributed by atoms with Gasteiger partial charge in [-0.05, 0) is 11.5 Å². The standard InChI is InChI=1S/C19H24N2O4/c1-4-11-20-16(13(3)5-2)17(22)21(19(20)25)15(18(23)24)12-14-9-7-6-8-10-14/h4,6-10,13,15-16H,1,5,11-12H2,2-3H3,(H,23,24). The van der Waals surface area contributed by atoms with E-state index < -0.39 is 30.0 Å². The van der Waals surface area contributed by atoms with Gasteiger partial charge in [0, 0.05) is 13.0 Å². The lowest BCUT2D eigenvalue weighted by Gasteiger charge is -2.24. The van der Waals surface area contributed by atoms with Crippen molar-refractivity contribution < 1.29 is 19.5 Å². The number of carboxylic acid groups (broad SMARTS) is 1. The second-order valence-corrected chi connectivity index (χ2v) is 6.31. The van der Waals surface area contributed by atoms with Crippen molar-refractivity contribution in [3.05, 3.63) is 48.6 Å². The van der Waals surface area contributed by atoms with E-state index in [9.17, 15) is 19.5 Å². The third-order valence-corrected chi connectivity index (χ3v) is 4.66. The molecule has 0 aromatic heterocycles. The summed E-state index contributed by atoms with van der Waals surface area (Å²) in [6.07, 6.45) is 2.35. The molecular weight excluding hydrogens is 320 g/mol. The molecule has 0 aliphatic carbocycles. The first kappa shape index (κ1) is 18.7. The molecule has 3 atom stereocenters. The van der Waals surface area contributed by atoms with E-state index in [1.807, 2.05) is 19.9 Å². The van der Waals surface area contributed by atoms with E-state index in [1.165, 1.54) is 4.90 Å². The van der Waals surface area contributed by atoms with Gasteiger partial charge >= 0.3 is 12.0 Å². The van der Waals surface area contributed by atoms with Crippen molar-refractivity contribution in [3.8, 4) is 0 Å². The average Bonchev–Trinajstić information content (AvgIpc) is 2.84. The molecule has 1 N–H and O–H groups in total. The minimum Gasteiger partial charge on any atom is -0.480 e. The van der Waals surface area contributed by atoms with Crippen molar-refractivity contribution in [2.24, 2.45) is 5.92 Å². The minimum atomic E-state index is -1.22. The van der Waals surface area contributed by atoms with Crippen LogP contribution in [0.25, 0.3) is 0 Å². The fraction of sp³-hybridized carbons (Fsp3) is 0.421. The Balaban J connectivity index is 2.36. The Morgan fingerprint density at radius 2 is 1.96 bits per heavy atom. The summed E-state index contributed by atoms with van der Waals surface area (Å²) in [6.45, 7) is 7.68. The number of aliphatic carboxylic acids is 1. The van der Waals surface area contributed by atoms with Crippen LogP contribution < -0.4 is 0 Å². The highest BCUT2D eigenvalue weighted by Crippen LogP contribution is 2.28. The zero-order valence-electron chi connectivity index (χ0n) is 14.6. The molecule has 1 aromatic carbocycles. The first-order valence-electron chi connectivity index (χ1n) is 8.43. The Morgan fingerprint density at radius 1 is 1.32 bits per heavy atom. The molecule has 6 heteroatoms. The molecule has 2 rings (SSSR count). The van der Waals surface area contributed by atoms with Crippen molar-refractivity contribution in [2.75, 3.05) is 6.54 Å². The molecule has 1 fully saturated rings. The zero-order chi connectivity index (χ0) is 18.6. The van der Waals surface area contributed by atoms with Gasteiger partial charge in [-0.2, -0.15) is 0 Å². The number of carbonyl (C=O) groups is 3. The van der Waals surface area contributed by atoms with Gasteiger partial charge in [-0.25, -0.2) is 14.5 Å². The smallest absolute Gasteiger partial charge is 0.328 e. The number of hydrogen-bond donors (Lipinski definition) is 1. The summed E-state index contributed by atoms with van der Waals surface area (Å²) in [5.74, 6) is -1.69. The van der Waals surface area contributed by atoms with Crippen molar-refractivity contribution in [1.82, 2.24) is 9.80 Å². The molecule has 1 heterocycles. The van der Waals surface area contributed by atoms with E-state index in [2.05, 4.69) is 6.58 Å². The number of hydrogen-bond acceptors (Lipinski definition) is 3. The Kier molecular flexibility index (Phi) is 5.96. The quantitative estimate of drug-likeness (QED) is 0.581. The summed E-state index contributed by atoms with van der Waals surface area (Å²) < 4.78 is 0. The van der Waals surface area contributed by atoms with E-state index in [0.29, 0.717) is 6.42 Å². The van der Waals surface area contributed by atoms with E-state index in [0.717, 1.165) is 10.5 Å². The molecule has 0 spiro atoms. The van der Waals surface area contributed by atoms with Crippen LogP contribution in [0.4, 0.5) is 4.79 Å². The number of imide groups is 1. The molecule has 1 aromatic rings. The highest BCUT2D eigenvalue weighted by atomic mass is 16.4. The highest BCUT2D eigenvalue weighted by molar-refractivity contribution is 6.07. The van der Waals surface area contributed by atoms with Crippen LogP contribution in [0.15, 0.2) is 43.0 Å². The summed E-state index contributed by atoms with van der Waals surface area (Å²) in [4.78, 5) is 39.8. The van der Waals surface area contributed by atoms with Gasteiger partial charge in [-0.1, -0.05) is 56.7 Å². The van der Waals surface area contributed by atoms with Crippen LogP contribution in [0.2, 0.25) is 0 Å². The number of urea groups is 1. The summed E-state index contributed by atoms with van der Waals surface area (Å²) in [5, 5.41) is 9.64. The molecule has 0 bridgehead atoms. The fourth-order valence-corrected chi connectivity index (χ4v) is 3.15. The Labute approximate surface area is 147 Å². The molecule has 25 heavy (non-hydrogen) atoms. The number of amides is 3. The van der Waals surface area contributed by atoms with Crippen molar-refractivity contribution in [3.63, 3.8) is 0 Å². The van der Waals surface area contributed by atoms with E-state index in [1.54, 1.807) is 30.3 Å². The summed E-state index contributed by atoms with van der Waals surface area (Å²) in [7, 11) is 0. The van der Waals surface area contributed by atoms with Gasteiger partial charge in [0.2, 0.25) is 0 Å². The van der Waals surface area contributed by atoms with Crippen molar-refractivity contribution >= 4 is 17.9 Å². The van der Waals surface area contributed by atoms with Gasteiger partial charge in [-0.3, -0.25) is 4.79 Å². The third kappa shape index (κ3) is 3.73. The largest absolute Gasteiger partial charge is 0.480 e. The average molecular weight is 344 g/mol. The monoisotopic (exact) mass is 344 g/mol. The summed E-state index contributed by atoms with van der Waals surface area (Å²) in [6, 6.07) is 6.58. The first-order valence-corrected chi connectivity index (χ1v) is 8.43. The van der Waals surface area contributed by atoms with Crippen LogP contribution >= 0.6 is 0 Å². The number of carbonyl (C=O) groups excluding carboxylic acids is 2. The Hall–Kier alpha value is -2.63. The summed E-state index contributed by atoms with van der Waals surface area (Å²) in [5.41, 5.74) is 0.762. The Morgan fingerprint density at radius 3 is 2.48 bits per heavy atom. The molecule has 6 nitrogen and oxygen atoms in total. The minimum absolute atomic E-state index is 0.0624. The molecule has 3 amide bonds. The maximum atomic E-state index is 12.9. The van der Waals surface area contributed by atoms with E-state index in [4.69, 9.17) is 0 Å². The van der Waals surface area contributed by atoms with E-state index in [-0.39, 0.29) is 18.9 Å². The number of carboxylic acids is 1. The fourth-order valence-electron chi connectivity index (χ4n) is 3.15. The predicted molar refractivity (Wildman–Crippen MR) is 94.0 cm³/mol. The van der Waals surface area contributed by atoms with Crippen molar-refractivity contribution in [1.29, 1.82) is 0 Å². The van der Waals surface area contributed by atoms with Crippen LogP contribution in [-0.4, -0.2) is 51.4 Å². The number of nitrogens with zero attached hydrogens (tertiary/aromatic N) is 2. The van der Waals surface area contributed by atoms with Crippen LogP contribution in [0.3, 0.4) is 0 Å². The second kappa shape index (κ2) is 7.96. The van der Waals surface area contributed by atoms with Gasteiger partial charge in [0.15, 0.2) is 0 Å². The zero-order valence-corrected chi connectivity index (χ0v) is 14.6. The SMILES string of the molecule is C=CCN1C(=O)N(C(Cc2ccccc2)C(=O)O)C(=O)C1C(C)CC. The molecule has 0 radical (unpaired) electrons. The third-order valence-electron chi connectivity index (χ3n) is 4.66. The molecule has 1 saturated heterocycles. The lowest BCUT2D eigenvalue weighted by Crippen LogP contribution is -2.47. The second-order valence-electron chi connectivity index (χ2n) is 6.31. The van der Waals surface area contributed by atoms with Crippen LogP contribution in [0.1, 0.15) is 25.8 Å². The van der Waals surface area contributed by atoms with Crippen molar-refractivity contribution in [2.45, 2.75) is 38.8 Å². The van der Waals surface area contributed by atoms with Crippen LogP contribution in [0.5, 0.6) is 0 Å². The predicted octanol–water partition coefficient (Wildman–Crippen LogP) is 2.55. The number of benzene rings is 1. The van der Waals surface area contributed by atoms with Gasteiger partial charge in [0.1, 0.15) is 12.1 Å². The maximum Gasteiger partial charge on any atom is 0.328 e. The molecule has 1 aliphatic heterocycles. The number of rotatable bonds is 8. The van der Waals surface area contributed by atoms with Gasteiger partial charge in [-0.15, -0.1) is 6.58 Å². The van der Waals surface area contributed by atoms with Gasteiger partial charge in [0.25, 0.3) is 5.91 Å². The normalized spacial score (nSPS) is 19.8. The topological polar surface area (TPSA) is 77.9 Å². The molecule has 134 valence electrons. The van der Waals surface area contributed by atoms with Crippen LogP contribution in [0, 0.1) is 5.92 Å². The van der Waals surface area contributed by atoms with Gasteiger partial charge in [0.05, 0.1) is 0 Å². The highest BCUT2D eigenvalue weighted by Gasteiger charge is 2.50. The molecule has 0 saturated carbocycles. The lowest BCUT2D eigenvalue weighted by molar-refractivity contribution is -0.147. The molecule has 1 aliphatic rings. The molecule has 3 unspecified atom stereocenters. The summed E-state index contributed by atoms with van der Waals surface area (Å²) >= 11 is 0. The van der Waals surface area contributed by atoms with Crippen LogP contribution in [-0.2, 0) is 16.0 Å². The first-order chi connectivity index (χ1) is 11.9. The Bertz CT molecular complexity index is 659. The van der Waals surface area contributed by atoms with E-state index >= 15 is 0 Å². The molecular formula is C19H24N2O4. The maximum absolute atomic E-state index is 12.9.